The highest BCUT2D eigenvalue weighted by Gasteiger charge is 2.11. The SMILES string of the molecule is CCCCCCCCCCCCCCCCCCC(CCCCCCCCCCCCCCCCC)O[PH](=O)O. The highest BCUT2D eigenvalue weighted by molar-refractivity contribution is 7.32. The Bertz CT molecular complexity index is 485. The molecule has 0 aromatic heterocycles. The fourth-order valence-electron chi connectivity index (χ4n) is 6.07. The minimum Gasteiger partial charge on any atom is -0.326 e. The third-order valence-corrected chi connectivity index (χ3v) is 9.31. The van der Waals surface area contributed by atoms with E-state index in [0.29, 0.717) is 0 Å². The van der Waals surface area contributed by atoms with E-state index in [1.807, 2.05) is 0 Å². The van der Waals surface area contributed by atoms with E-state index in [1.165, 1.54) is 186 Å². The van der Waals surface area contributed by atoms with Crippen molar-refractivity contribution in [2.45, 2.75) is 232 Å². The molecule has 0 aliphatic heterocycles. The molecule has 0 aromatic rings. The highest BCUT2D eigenvalue weighted by Crippen LogP contribution is 2.26. The molecule has 3 nitrogen and oxygen atoms in total. The summed E-state index contributed by atoms with van der Waals surface area (Å²) >= 11 is 0. The van der Waals surface area contributed by atoms with E-state index in [1.54, 1.807) is 0 Å². The Hall–Kier alpha value is 0.150. The van der Waals surface area contributed by atoms with Gasteiger partial charge in [0.2, 0.25) is 0 Å². The van der Waals surface area contributed by atoms with E-state index in [4.69, 9.17) is 4.52 Å². The van der Waals surface area contributed by atoms with Crippen molar-refractivity contribution in [3.05, 3.63) is 0 Å². The molecule has 0 fully saturated rings. The van der Waals surface area contributed by atoms with Gasteiger partial charge in [-0.15, -0.1) is 0 Å². The van der Waals surface area contributed by atoms with Crippen LogP contribution < -0.4 is 0 Å². The van der Waals surface area contributed by atoms with Crippen molar-refractivity contribution in [2.75, 3.05) is 0 Å². The normalized spacial score (nSPS) is 13.2. The molecule has 2 unspecified atom stereocenters. The van der Waals surface area contributed by atoms with Crippen molar-refractivity contribution < 1.29 is 14.0 Å². The minimum atomic E-state index is -2.82. The maximum atomic E-state index is 11.3. The van der Waals surface area contributed by atoms with Gasteiger partial charge in [0.15, 0.2) is 0 Å². The van der Waals surface area contributed by atoms with E-state index in [9.17, 15) is 9.46 Å². The van der Waals surface area contributed by atoms with E-state index < -0.39 is 8.25 Å². The molecule has 2 atom stereocenters. The van der Waals surface area contributed by atoms with Crippen molar-refractivity contribution in [2.24, 2.45) is 0 Å². The molecular weight excluding hydrogens is 511 g/mol. The number of unbranched alkanes of at least 4 members (excludes halogenated alkanes) is 29. The van der Waals surface area contributed by atoms with Gasteiger partial charge in [0, 0.05) is 0 Å². The summed E-state index contributed by atoms with van der Waals surface area (Å²) in [6.07, 6.45) is 44.5. The largest absolute Gasteiger partial charge is 0.326 e. The molecule has 0 rings (SSSR count). The predicted octanol–water partition coefficient (Wildman–Crippen LogP) is 13.7. The van der Waals surface area contributed by atoms with Gasteiger partial charge in [-0.3, -0.25) is 4.57 Å². The molecule has 40 heavy (non-hydrogen) atoms. The molecule has 0 saturated heterocycles. The van der Waals surface area contributed by atoms with E-state index in [-0.39, 0.29) is 6.10 Å². The van der Waals surface area contributed by atoms with Crippen LogP contribution in [0.15, 0.2) is 0 Å². The number of hydrogen-bond donors (Lipinski definition) is 1. The van der Waals surface area contributed by atoms with Crippen molar-refractivity contribution in [1.29, 1.82) is 0 Å². The van der Waals surface area contributed by atoms with Gasteiger partial charge < -0.3 is 9.42 Å². The molecule has 0 saturated carbocycles. The van der Waals surface area contributed by atoms with Crippen LogP contribution in [0.3, 0.4) is 0 Å². The molecule has 0 heterocycles. The maximum absolute atomic E-state index is 11.3. The maximum Gasteiger partial charge on any atom is 0.316 e. The lowest BCUT2D eigenvalue weighted by Gasteiger charge is -2.16. The third kappa shape index (κ3) is 34.4. The van der Waals surface area contributed by atoms with Crippen molar-refractivity contribution in [1.82, 2.24) is 0 Å². The summed E-state index contributed by atoms with van der Waals surface area (Å²) in [5.41, 5.74) is 0. The summed E-state index contributed by atoms with van der Waals surface area (Å²) in [6.45, 7) is 4.58. The zero-order valence-corrected chi connectivity index (χ0v) is 28.7. The van der Waals surface area contributed by atoms with Gasteiger partial charge in [0.05, 0.1) is 6.10 Å². The quantitative estimate of drug-likeness (QED) is 0.0593. The van der Waals surface area contributed by atoms with Crippen LogP contribution in [0, 0.1) is 0 Å². The van der Waals surface area contributed by atoms with Crippen molar-refractivity contribution >= 4 is 8.25 Å². The zero-order chi connectivity index (χ0) is 29.2. The summed E-state index contributed by atoms with van der Waals surface area (Å²) < 4.78 is 16.7. The molecule has 0 amide bonds. The lowest BCUT2D eigenvalue weighted by molar-refractivity contribution is 0.162. The highest BCUT2D eigenvalue weighted by atomic mass is 31.1. The average molecular weight is 587 g/mol. The summed E-state index contributed by atoms with van der Waals surface area (Å²) in [5, 5.41) is 0. The van der Waals surface area contributed by atoms with Gasteiger partial charge in [-0.2, -0.15) is 0 Å². The average Bonchev–Trinajstić information content (AvgIpc) is 2.94. The summed E-state index contributed by atoms with van der Waals surface area (Å²) in [5.74, 6) is 0. The van der Waals surface area contributed by atoms with Crippen LogP contribution in [0.5, 0.6) is 0 Å². The molecule has 242 valence electrons. The fraction of sp³-hybridized carbons (Fsp3) is 1.00. The summed E-state index contributed by atoms with van der Waals surface area (Å²) in [6, 6.07) is 0. The second-order valence-corrected chi connectivity index (χ2v) is 13.6. The molecule has 4 heteroatoms. The van der Waals surface area contributed by atoms with Crippen molar-refractivity contribution in [3.63, 3.8) is 0 Å². The summed E-state index contributed by atoms with van der Waals surface area (Å²) in [7, 11) is -2.82. The van der Waals surface area contributed by atoms with Crippen LogP contribution in [0.4, 0.5) is 0 Å². The monoisotopic (exact) mass is 587 g/mol. The first-order valence-electron chi connectivity index (χ1n) is 18.6. The Labute approximate surface area is 253 Å². The number of hydrogen-bond acceptors (Lipinski definition) is 2. The zero-order valence-electron chi connectivity index (χ0n) is 27.7. The molecular formula is C36H75O3P. The molecule has 1 N–H and O–H groups in total. The first-order chi connectivity index (χ1) is 19.7. The van der Waals surface area contributed by atoms with Gasteiger partial charge in [0.1, 0.15) is 0 Å². The van der Waals surface area contributed by atoms with Crippen LogP contribution in [-0.4, -0.2) is 11.0 Å². The van der Waals surface area contributed by atoms with Crippen LogP contribution in [0.2, 0.25) is 0 Å². The predicted molar refractivity (Wildman–Crippen MR) is 180 cm³/mol. The van der Waals surface area contributed by atoms with Crippen LogP contribution in [0.25, 0.3) is 0 Å². The molecule has 0 aliphatic rings. The standard InChI is InChI=1S/C36H75O3P/c1-3-5-7-9-11-13-15-17-19-21-23-25-27-29-31-33-35-36(39-40(37)38)34-32-30-28-26-24-22-20-18-16-14-12-10-8-6-4-2/h36,40H,3-35H2,1-2H3,(H,37,38). The molecule has 0 radical (unpaired) electrons. The molecule has 0 aromatic carbocycles. The first-order valence-corrected chi connectivity index (χ1v) is 19.9. The van der Waals surface area contributed by atoms with Crippen LogP contribution in [0.1, 0.15) is 226 Å². The topological polar surface area (TPSA) is 46.5 Å². The smallest absolute Gasteiger partial charge is 0.316 e. The lowest BCUT2D eigenvalue weighted by Crippen LogP contribution is -2.09. The molecule has 0 bridgehead atoms. The third-order valence-electron chi connectivity index (χ3n) is 8.78. The van der Waals surface area contributed by atoms with Gasteiger partial charge in [0.25, 0.3) is 0 Å². The fourth-order valence-corrected chi connectivity index (χ4v) is 6.59. The van der Waals surface area contributed by atoms with Crippen LogP contribution in [-0.2, 0) is 9.09 Å². The van der Waals surface area contributed by atoms with Gasteiger partial charge >= 0.3 is 8.25 Å². The Morgan fingerprint density at radius 3 is 0.800 bits per heavy atom. The van der Waals surface area contributed by atoms with Gasteiger partial charge in [-0.05, 0) is 12.8 Å². The molecule has 0 spiro atoms. The van der Waals surface area contributed by atoms with Gasteiger partial charge in [-0.25, -0.2) is 0 Å². The van der Waals surface area contributed by atoms with E-state index in [2.05, 4.69) is 13.8 Å². The summed E-state index contributed by atoms with van der Waals surface area (Å²) in [4.78, 5) is 9.31. The lowest BCUT2D eigenvalue weighted by atomic mass is 10.0. The number of rotatable bonds is 35. The van der Waals surface area contributed by atoms with Crippen LogP contribution >= 0.6 is 8.25 Å². The first kappa shape index (κ1) is 40.1. The van der Waals surface area contributed by atoms with E-state index in [0.717, 1.165) is 25.7 Å². The second kappa shape index (κ2) is 35.3. The Morgan fingerprint density at radius 1 is 0.400 bits per heavy atom. The second-order valence-electron chi connectivity index (χ2n) is 12.8. The Morgan fingerprint density at radius 2 is 0.600 bits per heavy atom. The Balaban J connectivity index is 3.47. The molecule has 0 aliphatic carbocycles. The Kier molecular flexibility index (Phi) is 35.5. The van der Waals surface area contributed by atoms with E-state index >= 15 is 0 Å². The van der Waals surface area contributed by atoms with Gasteiger partial charge in [-0.1, -0.05) is 213 Å². The van der Waals surface area contributed by atoms with Crippen molar-refractivity contribution in [3.8, 4) is 0 Å². The minimum absolute atomic E-state index is 0.00925.